The van der Waals surface area contributed by atoms with Crippen molar-refractivity contribution in [2.45, 2.75) is 19.3 Å². The summed E-state index contributed by atoms with van der Waals surface area (Å²) in [5.41, 5.74) is 13.0. The van der Waals surface area contributed by atoms with Gasteiger partial charge in [0.2, 0.25) is 0 Å². The Morgan fingerprint density at radius 1 is 0.283 bits per heavy atom. The molecule has 53 heavy (non-hydrogen) atoms. The third kappa shape index (κ3) is 4.36. The van der Waals surface area contributed by atoms with Gasteiger partial charge in [0.25, 0.3) is 0 Å². The number of hydrogen-bond acceptors (Lipinski definition) is 0. The first-order valence-corrected chi connectivity index (χ1v) is 18.7. The molecule has 0 spiro atoms. The van der Waals surface area contributed by atoms with Gasteiger partial charge in [0, 0.05) is 5.41 Å². The molecule has 0 saturated carbocycles. The first-order valence-electron chi connectivity index (χ1n) is 18.7. The van der Waals surface area contributed by atoms with Crippen LogP contribution in [-0.4, -0.2) is 0 Å². The zero-order valence-electron chi connectivity index (χ0n) is 29.8. The lowest BCUT2D eigenvalue weighted by Gasteiger charge is -2.23. The van der Waals surface area contributed by atoms with Crippen molar-refractivity contribution in [1.29, 1.82) is 0 Å². The number of benzene rings is 10. The van der Waals surface area contributed by atoms with Crippen molar-refractivity contribution in [3.63, 3.8) is 0 Å². The molecule has 0 aromatic heterocycles. The van der Waals surface area contributed by atoms with Crippen LogP contribution in [0.15, 0.2) is 182 Å². The van der Waals surface area contributed by atoms with Crippen LogP contribution in [0.25, 0.3) is 98.4 Å². The molecule has 0 bridgehead atoms. The van der Waals surface area contributed by atoms with Gasteiger partial charge >= 0.3 is 0 Å². The number of hydrogen-bond donors (Lipinski definition) is 0. The third-order valence-electron chi connectivity index (χ3n) is 12.0. The Morgan fingerprint density at radius 2 is 0.868 bits per heavy atom. The minimum atomic E-state index is -0.0878. The predicted molar refractivity (Wildman–Crippen MR) is 228 cm³/mol. The summed E-state index contributed by atoms with van der Waals surface area (Å²) in [6.45, 7) is 4.76. The second kappa shape index (κ2) is 11.2. The predicted octanol–water partition coefficient (Wildman–Crippen LogP) is 14.8. The minimum absolute atomic E-state index is 0.0878. The largest absolute Gasteiger partial charge is 0.0622 e. The molecule has 248 valence electrons. The molecular formula is C53H36. The van der Waals surface area contributed by atoms with E-state index >= 15 is 0 Å². The fourth-order valence-electron chi connectivity index (χ4n) is 9.52. The highest BCUT2D eigenvalue weighted by Gasteiger charge is 2.35. The van der Waals surface area contributed by atoms with Crippen LogP contribution >= 0.6 is 0 Å². The summed E-state index contributed by atoms with van der Waals surface area (Å²) < 4.78 is 0. The highest BCUT2D eigenvalue weighted by molar-refractivity contribution is 6.28. The monoisotopic (exact) mass is 672 g/mol. The number of rotatable bonds is 3. The number of fused-ring (bicyclic) bond motifs is 10. The quantitative estimate of drug-likeness (QED) is 0.129. The molecule has 11 rings (SSSR count). The molecule has 0 aliphatic heterocycles. The summed E-state index contributed by atoms with van der Waals surface area (Å²) >= 11 is 0. The Bertz CT molecular complexity index is 3120. The average molecular weight is 673 g/mol. The van der Waals surface area contributed by atoms with Gasteiger partial charge in [-0.05, 0) is 128 Å². The molecule has 1 aliphatic rings. The van der Waals surface area contributed by atoms with Crippen LogP contribution in [0.3, 0.4) is 0 Å². The van der Waals surface area contributed by atoms with Gasteiger partial charge in [-0.25, -0.2) is 0 Å². The van der Waals surface area contributed by atoms with Gasteiger partial charge in [0.15, 0.2) is 0 Å². The topological polar surface area (TPSA) is 0 Å². The van der Waals surface area contributed by atoms with Gasteiger partial charge in [-0.15, -0.1) is 0 Å². The summed E-state index contributed by atoms with van der Waals surface area (Å²) in [6, 6.07) is 68.1. The van der Waals surface area contributed by atoms with Crippen LogP contribution in [0.5, 0.6) is 0 Å². The van der Waals surface area contributed by atoms with Gasteiger partial charge < -0.3 is 0 Å². The summed E-state index contributed by atoms with van der Waals surface area (Å²) in [6.07, 6.45) is 0. The minimum Gasteiger partial charge on any atom is -0.0622 e. The van der Waals surface area contributed by atoms with E-state index in [4.69, 9.17) is 0 Å². The summed E-state index contributed by atoms with van der Waals surface area (Å²) in [4.78, 5) is 0. The maximum atomic E-state index is 2.49. The Morgan fingerprint density at radius 3 is 1.70 bits per heavy atom. The van der Waals surface area contributed by atoms with Crippen LogP contribution < -0.4 is 0 Å². The summed E-state index contributed by atoms with van der Waals surface area (Å²) in [5.74, 6) is 0. The van der Waals surface area contributed by atoms with E-state index in [-0.39, 0.29) is 5.41 Å². The van der Waals surface area contributed by atoms with Gasteiger partial charge in [-0.1, -0.05) is 178 Å². The lowest BCUT2D eigenvalue weighted by molar-refractivity contribution is 0.660. The fourth-order valence-corrected chi connectivity index (χ4v) is 9.52. The molecule has 0 amide bonds. The van der Waals surface area contributed by atoms with Crippen LogP contribution in [0.4, 0.5) is 0 Å². The van der Waals surface area contributed by atoms with Gasteiger partial charge in [0.1, 0.15) is 0 Å². The van der Waals surface area contributed by atoms with Crippen molar-refractivity contribution in [1.82, 2.24) is 0 Å². The Labute approximate surface area is 309 Å². The second-order valence-electron chi connectivity index (χ2n) is 15.2. The Kier molecular flexibility index (Phi) is 6.40. The summed E-state index contributed by atoms with van der Waals surface area (Å²) in [7, 11) is 0. The van der Waals surface area contributed by atoms with Crippen LogP contribution in [-0.2, 0) is 5.41 Å². The van der Waals surface area contributed by atoms with Crippen molar-refractivity contribution in [3.8, 4) is 44.5 Å². The molecule has 0 saturated heterocycles. The SMILES string of the molecule is CC1(C)c2ccccc2-c2ccc(-c3c4ccccc4c(-c4cc5c6ccccc6ccc5c5ccccc45)c4ccc(-c5ccccc5)cc34)cc21. The summed E-state index contributed by atoms with van der Waals surface area (Å²) in [5, 5.41) is 12.8. The normalized spacial score (nSPS) is 13.2. The molecule has 10 aromatic rings. The van der Waals surface area contributed by atoms with Gasteiger partial charge in [-0.2, -0.15) is 0 Å². The molecule has 0 N–H and O–H groups in total. The second-order valence-corrected chi connectivity index (χ2v) is 15.2. The molecule has 0 fully saturated rings. The lowest BCUT2D eigenvalue weighted by atomic mass is 9.80. The van der Waals surface area contributed by atoms with E-state index in [1.165, 1.54) is 109 Å². The molecule has 0 atom stereocenters. The van der Waals surface area contributed by atoms with E-state index in [1.807, 2.05) is 0 Å². The average Bonchev–Trinajstić information content (AvgIpc) is 3.45. The molecule has 1 aliphatic carbocycles. The molecule has 0 radical (unpaired) electrons. The first kappa shape index (κ1) is 30.2. The Hall–Kier alpha value is -6.50. The van der Waals surface area contributed by atoms with Gasteiger partial charge in [0.05, 0.1) is 0 Å². The van der Waals surface area contributed by atoms with E-state index < -0.39 is 0 Å². The maximum absolute atomic E-state index is 2.49. The Balaban J connectivity index is 1.29. The van der Waals surface area contributed by atoms with Crippen molar-refractivity contribution in [2.24, 2.45) is 0 Å². The standard InChI is InChI=1S/C53H36/c1-53(2)49-23-13-12-20-41(49)42-28-26-36(31-50(42)53)51-43-21-10-11-22-44(43)52(45-29-25-35(30-47(45)51)33-14-4-3-5-15-33)48-32-46-37-17-7-6-16-34(37)24-27-40(46)38-18-8-9-19-39(38)48/h3-32H,1-2H3. The smallest absolute Gasteiger partial charge is 0.0159 e. The van der Waals surface area contributed by atoms with Crippen molar-refractivity contribution < 1.29 is 0 Å². The molecule has 0 heteroatoms. The molecule has 0 unspecified atom stereocenters. The van der Waals surface area contributed by atoms with Crippen LogP contribution in [0.2, 0.25) is 0 Å². The van der Waals surface area contributed by atoms with Crippen molar-refractivity contribution in [2.75, 3.05) is 0 Å². The third-order valence-corrected chi connectivity index (χ3v) is 12.0. The highest BCUT2D eigenvalue weighted by Crippen LogP contribution is 2.52. The highest BCUT2D eigenvalue weighted by atomic mass is 14.4. The first-order chi connectivity index (χ1) is 26.1. The van der Waals surface area contributed by atoms with E-state index in [0.717, 1.165) is 0 Å². The fraction of sp³-hybridized carbons (Fsp3) is 0.0566. The maximum Gasteiger partial charge on any atom is 0.0159 e. The van der Waals surface area contributed by atoms with Gasteiger partial charge in [-0.3, -0.25) is 0 Å². The molecule has 0 heterocycles. The van der Waals surface area contributed by atoms with Crippen LogP contribution in [0.1, 0.15) is 25.0 Å². The lowest BCUT2D eigenvalue weighted by Crippen LogP contribution is -2.14. The van der Waals surface area contributed by atoms with Crippen LogP contribution in [0, 0.1) is 0 Å². The van der Waals surface area contributed by atoms with E-state index in [1.54, 1.807) is 0 Å². The van der Waals surface area contributed by atoms with E-state index in [2.05, 4.69) is 196 Å². The zero-order valence-corrected chi connectivity index (χ0v) is 29.8. The molecular weight excluding hydrogens is 637 g/mol. The zero-order chi connectivity index (χ0) is 35.3. The molecule has 10 aromatic carbocycles. The van der Waals surface area contributed by atoms with Crippen molar-refractivity contribution in [3.05, 3.63) is 193 Å². The van der Waals surface area contributed by atoms with E-state index in [0.29, 0.717) is 0 Å². The molecule has 0 nitrogen and oxygen atoms in total. The van der Waals surface area contributed by atoms with E-state index in [9.17, 15) is 0 Å². The van der Waals surface area contributed by atoms with Crippen molar-refractivity contribution >= 4 is 53.9 Å².